The number of aliphatic hydroxyl groups excluding tert-OH is 1. The van der Waals surface area contributed by atoms with Crippen molar-refractivity contribution in [2.45, 2.75) is 6.04 Å². The molecule has 1 fully saturated rings. The number of fused-ring (bicyclic) bond motifs is 1. The summed E-state index contributed by atoms with van der Waals surface area (Å²) in [5, 5.41) is 11.1. The fourth-order valence-corrected chi connectivity index (χ4v) is 3.66. The van der Waals surface area contributed by atoms with Crippen molar-refractivity contribution in [3.63, 3.8) is 0 Å². The molecule has 0 spiro atoms. The normalized spacial score (nSPS) is 20.1. The van der Waals surface area contributed by atoms with Gasteiger partial charge < -0.3 is 24.4 Å². The Balaban J connectivity index is 1.81. The first-order chi connectivity index (χ1) is 14.5. The van der Waals surface area contributed by atoms with Gasteiger partial charge in [0.1, 0.15) is 19.0 Å². The molecular formula is C22H23N3O5. The van der Waals surface area contributed by atoms with Crippen molar-refractivity contribution in [2.75, 3.05) is 40.4 Å². The summed E-state index contributed by atoms with van der Waals surface area (Å²) in [5.41, 5.74) is 1.16. The molecule has 0 aliphatic carbocycles. The average molecular weight is 409 g/mol. The number of amides is 1. The van der Waals surface area contributed by atoms with Crippen LogP contribution < -0.4 is 9.47 Å². The van der Waals surface area contributed by atoms with Gasteiger partial charge in [0.2, 0.25) is 0 Å². The van der Waals surface area contributed by atoms with Crippen molar-refractivity contribution < 1.29 is 24.2 Å². The van der Waals surface area contributed by atoms with Gasteiger partial charge >= 0.3 is 0 Å². The highest BCUT2D eigenvalue weighted by Crippen LogP contribution is 2.40. The van der Waals surface area contributed by atoms with Crippen LogP contribution in [0.15, 0.2) is 48.3 Å². The maximum Gasteiger partial charge on any atom is 0.295 e. The van der Waals surface area contributed by atoms with Crippen LogP contribution in [0.25, 0.3) is 5.76 Å². The lowest BCUT2D eigenvalue weighted by atomic mass is 9.96. The number of rotatable bonds is 5. The van der Waals surface area contributed by atoms with E-state index >= 15 is 0 Å². The van der Waals surface area contributed by atoms with E-state index < -0.39 is 17.7 Å². The zero-order valence-corrected chi connectivity index (χ0v) is 16.9. The Morgan fingerprint density at radius 3 is 2.53 bits per heavy atom. The summed E-state index contributed by atoms with van der Waals surface area (Å²) in [6.07, 6.45) is 3.21. The summed E-state index contributed by atoms with van der Waals surface area (Å²) in [4.78, 5) is 33.2. The molecule has 1 atom stereocenters. The summed E-state index contributed by atoms with van der Waals surface area (Å²) in [6.45, 7) is 1.79. The molecule has 156 valence electrons. The van der Waals surface area contributed by atoms with Gasteiger partial charge in [0.05, 0.1) is 11.6 Å². The zero-order chi connectivity index (χ0) is 21.3. The predicted octanol–water partition coefficient (Wildman–Crippen LogP) is 1.84. The number of hydrogen-bond donors (Lipinski definition) is 1. The first-order valence-corrected chi connectivity index (χ1v) is 9.70. The van der Waals surface area contributed by atoms with Crippen LogP contribution in [0.1, 0.15) is 17.2 Å². The number of benzene rings is 1. The van der Waals surface area contributed by atoms with E-state index in [1.165, 1.54) is 4.90 Å². The molecule has 0 radical (unpaired) electrons. The molecule has 2 aliphatic heterocycles. The Labute approximate surface area is 174 Å². The molecule has 30 heavy (non-hydrogen) atoms. The second-order valence-corrected chi connectivity index (χ2v) is 7.43. The third-order valence-corrected chi connectivity index (χ3v) is 5.17. The molecule has 0 saturated carbocycles. The molecule has 1 aromatic heterocycles. The lowest BCUT2D eigenvalue weighted by Crippen LogP contribution is -2.35. The number of pyridine rings is 1. The Morgan fingerprint density at radius 1 is 1.13 bits per heavy atom. The summed E-state index contributed by atoms with van der Waals surface area (Å²) in [6, 6.07) is 7.77. The number of carbonyl (C=O) groups excluding carboxylic acids is 2. The largest absolute Gasteiger partial charge is 0.507 e. The molecule has 1 saturated heterocycles. The maximum absolute atomic E-state index is 13.0. The number of ether oxygens (including phenoxy) is 2. The molecule has 3 heterocycles. The van der Waals surface area contributed by atoms with Gasteiger partial charge in [-0.15, -0.1) is 0 Å². The number of aromatic nitrogens is 1. The highest BCUT2D eigenvalue weighted by molar-refractivity contribution is 6.46. The number of likely N-dealkylation sites (tertiary alicyclic amines) is 1. The third kappa shape index (κ3) is 3.61. The number of aliphatic hydroxyl groups is 1. The van der Waals surface area contributed by atoms with Gasteiger partial charge in [0, 0.05) is 31.0 Å². The Kier molecular flexibility index (Phi) is 5.41. The van der Waals surface area contributed by atoms with E-state index in [9.17, 15) is 14.7 Å². The van der Waals surface area contributed by atoms with Crippen LogP contribution >= 0.6 is 0 Å². The minimum absolute atomic E-state index is 0.0571. The molecule has 1 N–H and O–H groups in total. The lowest BCUT2D eigenvalue weighted by molar-refractivity contribution is -0.140. The van der Waals surface area contributed by atoms with Crippen molar-refractivity contribution in [3.8, 4) is 11.5 Å². The van der Waals surface area contributed by atoms with Crippen LogP contribution in [0.2, 0.25) is 0 Å². The lowest BCUT2D eigenvalue weighted by Gasteiger charge is -2.26. The van der Waals surface area contributed by atoms with Gasteiger partial charge in [-0.25, -0.2) is 0 Å². The van der Waals surface area contributed by atoms with E-state index in [0.717, 1.165) is 0 Å². The topological polar surface area (TPSA) is 92.2 Å². The number of nitrogens with zero attached hydrogens (tertiary/aromatic N) is 3. The first kappa shape index (κ1) is 19.9. The predicted molar refractivity (Wildman–Crippen MR) is 109 cm³/mol. The number of Topliss-reactive ketones (excluding diaryl/α,β-unsaturated/α-hetero) is 1. The number of likely N-dealkylation sites (N-methyl/N-ethyl adjacent to an activating group) is 1. The third-order valence-electron chi connectivity index (χ3n) is 5.17. The molecule has 8 heteroatoms. The van der Waals surface area contributed by atoms with E-state index in [1.807, 2.05) is 19.0 Å². The van der Waals surface area contributed by atoms with E-state index in [0.29, 0.717) is 48.9 Å². The summed E-state index contributed by atoms with van der Waals surface area (Å²) >= 11 is 0. The van der Waals surface area contributed by atoms with Crippen LogP contribution in [0.5, 0.6) is 11.5 Å². The van der Waals surface area contributed by atoms with Gasteiger partial charge in [0.15, 0.2) is 11.5 Å². The monoisotopic (exact) mass is 409 g/mol. The molecule has 1 amide bonds. The SMILES string of the molecule is CN(C)CCN1C(=O)C(=O)C(=C(O)c2ccc3c(c2)OCCO3)[C@@H]1c1ccncc1. The summed E-state index contributed by atoms with van der Waals surface area (Å²) in [5.74, 6) is -0.497. The van der Waals surface area contributed by atoms with E-state index in [2.05, 4.69) is 4.98 Å². The summed E-state index contributed by atoms with van der Waals surface area (Å²) < 4.78 is 11.1. The van der Waals surface area contributed by atoms with Gasteiger partial charge in [-0.3, -0.25) is 14.6 Å². The first-order valence-electron chi connectivity index (χ1n) is 9.70. The highest BCUT2D eigenvalue weighted by atomic mass is 16.6. The standard InChI is InChI=1S/C22H23N3O5/c1-24(2)9-10-25-19(14-5-7-23-8-6-14)18(21(27)22(25)28)20(26)15-3-4-16-17(13-15)30-12-11-29-16/h3-8,13,19,26H,9-12H2,1-2H3/t19-/m0/s1. The molecule has 1 aromatic carbocycles. The highest BCUT2D eigenvalue weighted by Gasteiger charge is 2.45. The fraction of sp³-hybridized carbons (Fsp3) is 0.318. The second-order valence-electron chi connectivity index (χ2n) is 7.43. The van der Waals surface area contributed by atoms with Crippen LogP contribution in [0.3, 0.4) is 0 Å². The Bertz CT molecular complexity index is 1000. The van der Waals surface area contributed by atoms with Crippen molar-refractivity contribution in [3.05, 3.63) is 59.4 Å². The quantitative estimate of drug-likeness (QED) is 0.458. The maximum atomic E-state index is 13.0. The average Bonchev–Trinajstić information content (AvgIpc) is 3.02. The fourth-order valence-electron chi connectivity index (χ4n) is 3.66. The van der Waals surface area contributed by atoms with Gasteiger partial charge in [-0.1, -0.05) is 0 Å². The molecule has 0 unspecified atom stereocenters. The smallest absolute Gasteiger partial charge is 0.295 e. The summed E-state index contributed by atoms with van der Waals surface area (Å²) in [7, 11) is 3.79. The minimum atomic E-state index is -0.706. The Morgan fingerprint density at radius 2 is 1.83 bits per heavy atom. The van der Waals surface area contributed by atoms with Crippen molar-refractivity contribution in [1.82, 2.24) is 14.8 Å². The molecule has 2 aromatic rings. The van der Waals surface area contributed by atoms with E-state index in [-0.39, 0.29) is 11.3 Å². The van der Waals surface area contributed by atoms with Crippen molar-refractivity contribution in [2.24, 2.45) is 0 Å². The van der Waals surface area contributed by atoms with Crippen molar-refractivity contribution in [1.29, 1.82) is 0 Å². The van der Waals surface area contributed by atoms with Crippen LogP contribution in [0.4, 0.5) is 0 Å². The molecule has 0 bridgehead atoms. The number of carbonyl (C=O) groups is 2. The second kappa shape index (κ2) is 8.16. The van der Waals surface area contributed by atoms with Gasteiger partial charge in [-0.05, 0) is 50.0 Å². The molecule has 2 aliphatic rings. The molecule has 4 rings (SSSR count). The van der Waals surface area contributed by atoms with Crippen LogP contribution in [-0.4, -0.2) is 72.0 Å². The zero-order valence-electron chi connectivity index (χ0n) is 16.9. The Hall–Kier alpha value is -3.39. The van der Waals surface area contributed by atoms with E-state index in [1.54, 1.807) is 42.7 Å². The minimum Gasteiger partial charge on any atom is -0.507 e. The van der Waals surface area contributed by atoms with Crippen molar-refractivity contribution >= 4 is 17.4 Å². The van der Waals surface area contributed by atoms with Crippen LogP contribution in [0, 0.1) is 0 Å². The van der Waals surface area contributed by atoms with Gasteiger partial charge in [0.25, 0.3) is 11.7 Å². The molecule has 8 nitrogen and oxygen atoms in total. The molecular weight excluding hydrogens is 386 g/mol. The van der Waals surface area contributed by atoms with Crippen LogP contribution in [-0.2, 0) is 9.59 Å². The van der Waals surface area contributed by atoms with Gasteiger partial charge in [-0.2, -0.15) is 0 Å². The van der Waals surface area contributed by atoms with E-state index in [4.69, 9.17) is 9.47 Å². The number of ketones is 1. The number of hydrogen-bond acceptors (Lipinski definition) is 7.